The number of imidazole rings is 1. The molecule has 0 bridgehead atoms. The standard InChI is InChI=1S/C20H25N7O/c28-20(15-3-4-18-19(11-15)22-14-21-18)26-9-5-17(6-10-26)27-13-16(23-24-27)12-25-7-1-2-8-25/h3-4,11,13-14,17H,1-2,5-10,12H2,(H,21,22). The lowest BCUT2D eigenvalue weighted by Gasteiger charge is -2.31. The number of carbonyl (C=O) groups excluding carboxylic acids is 1. The average molecular weight is 379 g/mol. The second-order valence-corrected chi connectivity index (χ2v) is 7.83. The van der Waals surface area contributed by atoms with E-state index in [1.807, 2.05) is 27.8 Å². The number of nitrogens with one attached hydrogen (secondary N) is 1. The van der Waals surface area contributed by atoms with Crippen molar-refractivity contribution in [1.82, 2.24) is 34.8 Å². The molecule has 0 saturated carbocycles. The Hall–Kier alpha value is -2.74. The first-order valence-electron chi connectivity index (χ1n) is 10.1. The van der Waals surface area contributed by atoms with Gasteiger partial charge in [0.25, 0.3) is 5.91 Å². The summed E-state index contributed by atoms with van der Waals surface area (Å²) in [5.74, 6) is 0.0864. The van der Waals surface area contributed by atoms with Crippen LogP contribution in [-0.4, -0.2) is 66.8 Å². The number of nitrogens with zero attached hydrogens (tertiary/aromatic N) is 6. The van der Waals surface area contributed by atoms with Crippen molar-refractivity contribution in [3.63, 3.8) is 0 Å². The summed E-state index contributed by atoms with van der Waals surface area (Å²) in [7, 11) is 0. The number of likely N-dealkylation sites (tertiary alicyclic amines) is 2. The fraction of sp³-hybridized carbons (Fsp3) is 0.500. The van der Waals surface area contributed by atoms with Gasteiger partial charge in [-0.25, -0.2) is 9.67 Å². The summed E-state index contributed by atoms with van der Waals surface area (Å²) >= 11 is 0. The van der Waals surface area contributed by atoms with Crippen molar-refractivity contribution in [2.24, 2.45) is 0 Å². The van der Waals surface area contributed by atoms with Gasteiger partial charge in [-0.2, -0.15) is 0 Å². The van der Waals surface area contributed by atoms with Crippen LogP contribution in [-0.2, 0) is 6.54 Å². The molecule has 1 N–H and O–H groups in total. The van der Waals surface area contributed by atoms with Gasteiger partial charge in [0.05, 0.1) is 35.3 Å². The van der Waals surface area contributed by atoms with E-state index in [4.69, 9.17) is 0 Å². The average Bonchev–Trinajstić information content (AvgIpc) is 3.49. The minimum atomic E-state index is 0.0864. The molecule has 0 atom stereocenters. The molecule has 0 spiro atoms. The van der Waals surface area contributed by atoms with Crippen LogP contribution in [0.2, 0.25) is 0 Å². The third-order valence-electron chi connectivity index (χ3n) is 5.94. The molecule has 146 valence electrons. The molecule has 0 aliphatic carbocycles. The largest absolute Gasteiger partial charge is 0.345 e. The van der Waals surface area contributed by atoms with Crippen LogP contribution in [0.3, 0.4) is 0 Å². The van der Waals surface area contributed by atoms with Crippen LogP contribution < -0.4 is 0 Å². The molecule has 4 heterocycles. The number of aromatic nitrogens is 5. The van der Waals surface area contributed by atoms with Crippen LogP contribution in [0.1, 0.15) is 47.8 Å². The molecule has 1 aromatic carbocycles. The summed E-state index contributed by atoms with van der Waals surface area (Å²) in [6.45, 7) is 4.71. The van der Waals surface area contributed by atoms with Gasteiger partial charge in [0.1, 0.15) is 0 Å². The predicted octanol–water partition coefficient (Wildman–Crippen LogP) is 2.23. The van der Waals surface area contributed by atoms with Crippen molar-refractivity contribution in [2.75, 3.05) is 26.2 Å². The quantitative estimate of drug-likeness (QED) is 0.752. The van der Waals surface area contributed by atoms with E-state index in [1.54, 1.807) is 6.33 Å². The van der Waals surface area contributed by atoms with E-state index < -0.39 is 0 Å². The maximum atomic E-state index is 12.9. The van der Waals surface area contributed by atoms with Crippen molar-refractivity contribution in [2.45, 2.75) is 38.3 Å². The molecular formula is C20H25N7O. The van der Waals surface area contributed by atoms with Gasteiger partial charge in [-0.15, -0.1) is 5.10 Å². The molecule has 2 saturated heterocycles. The second kappa shape index (κ2) is 7.35. The summed E-state index contributed by atoms with van der Waals surface area (Å²) in [4.78, 5) is 24.5. The van der Waals surface area contributed by atoms with E-state index in [-0.39, 0.29) is 5.91 Å². The van der Waals surface area contributed by atoms with Gasteiger partial charge in [-0.05, 0) is 57.0 Å². The molecule has 28 heavy (non-hydrogen) atoms. The van der Waals surface area contributed by atoms with Crippen LogP contribution in [0.25, 0.3) is 11.0 Å². The molecule has 2 aliphatic heterocycles. The van der Waals surface area contributed by atoms with Crippen LogP contribution in [0, 0.1) is 0 Å². The molecule has 2 fully saturated rings. The highest BCUT2D eigenvalue weighted by Crippen LogP contribution is 2.24. The van der Waals surface area contributed by atoms with Crippen molar-refractivity contribution in [3.05, 3.63) is 42.0 Å². The first-order valence-corrected chi connectivity index (χ1v) is 10.1. The highest BCUT2D eigenvalue weighted by atomic mass is 16.2. The number of aromatic amines is 1. The number of amides is 1. The van der Waals surface area contributed by atoms with Gasteiger partial charge in [0.2, 0.25) is 0 Å². The van der Waals surface area contributed by atoms with E-state index in [0.29, 0.717) is 11.6 Å². The second-order valence-electron chi connectivity index (χ2n) is 7.83. The van der Waals surface area contributed by atoms with Crippen molar-refractivity contribution in [1.29, 1.82) is 0 Å². The number of fused-ring (bicyclic) bond motifs is 1. The fourth-order valence-corrected chi connectivity index (χ4v) is 4.32. The lowest BCUT2D eigenvalue weighted by Crippen LogP contribution is -2.39. The maximum Gasteiger partial charge on any atom is 0.253 e. The maximum absolute atomic E-state index is 12.9. The Morgan fingerprint density at radius 2 is 1.96 bits per heavy atom. The number of benzene rings is 1. The minimum absolute atomic E-state index is 0.0864. The topological polar surface area (TPSA) is 82.9 Å². The van der Waals surface area contributed by atoms with E-state index >= 15 is 0 Å². The van der Waals surface area contributed by atoms with Crippen LogP contribution in [0.5, 0.6) is 0 Å². The van der Waals surface area contributed by atoms with Crippen molar-refractivity contribution >= 4 is 16.9 Å². The normalized spacial score (nSPS) is 18.9. The highest BCUT2D eigenvalue weighted by Gasteiger charge is 2.26. The van der Waals surface area contributed by atoms with Gasteiger partial charge in [0, 0.05) is 25.2 Å². The van der Waals surface area contributed by atoms with E-state index in [2.05, 4.69) is 31.4 Å². The van der Waals surface area contributed by atoms with Crippen LogP contribution in [0.15, 0.2) is 30.7 Å². The lowest BCUT2D eigenvalue weighted by atomic mass is 10.0. The smallest absolute Gasteiger partial charge is 0.253 e. The van der Waals surface area contributed by atoms with E-state index in [9.17, 15) is 4.79 Å². The Labute approximate surface area is 163 Å². The summed E-state index contributed by atoms with van der Waals surface area (Å²) < 4.78 is 2.00. The van der Waals surface area contributed by atoms with E-state index in [1.165, 1.54) is 12.8 Å². The first kappa shape index (κ1) is 17.4. The number of carbonyl (C=O) groups is 1. The Balaban J connectivity index is 1.20. The summed E-state index contributed by atoms with van der Waals surface area (Å²) in [5, 5.41) is 8.73. The Morgan fingerprint density at radius 1 is 1.14 bits per heavy atom. The van der Waals surface area contributed by atoms with E-state index in [0.717, 1.165) is 62.3 Å². The van der Waals surface area contributed by atoms with Crippen LogP contribution in [0.4, 0.5) is 0 Å². The number of hydrogen-bond donors (Lipinski definition) is 1. The number of piperidine rings is 1. The summed E-state index contributed by atoms with van der Waals surface area (Å²) in [6, 6.07) is 5.96. The first-order chi connectivity index (χ1) is 13.8. The molecule has 8 nitrogen and oxygen atoms in total. The number of H-pyrrole nitrogens is 1. The molecule has 8 heteroatoms. The molecule has 1 amide bonds. The van der Waals surface area contributed by atoms with Gasteiger partial charge in [0.15, 0.2) is 0 Å². The van der Waals surface area contributed by atoms with Crippen LogP contribution >= 0.6 is 0 Å². The van der Waals surface area contributed by atoms with Gasteiger partial charge in [-0.3, -0.25) is 9.69 Å². The minimum Gasteiger partial charge on any atom is -0.345 e. The molecule has 3 aromatic rings. The molecular weight excluding hydrogens is 354 g/mol. The zero-order valence-corrected chi connectivity index (χ0v) is 15.9. The summed E-state index contributed by atoms with van der Waals surface area (Å²) in [6.07, 6.45) is 8.13. The zero-order chi connectivity index (χ0) is 18.9. The lowest BCUT2D eigenvalue weighted by molar-refractivity contribution is 0.0689. The SMILES string of the molecule is O=C(c1ccc2nc[nH]c2c1)N1CCC(n2cc(CN3CCCC3)nn2)CC1. The Bertz CT molecular complexity index is 964. The van der Waals surface area contributed by atoms with Gasteiger partial charge >= 0.3 is 0 Å². The molecule has 2 aromatic heterocycles. The number of rotatable bonds is 4. The van der Waals surface area contributed by atoms with Gasteiger partial charge in [-0.1, -0.05) is 5.21 Å². The fourth-order valence-electron chi connectivity index (χ4n) is 4.32. The number of hydrogen-bond acceptors (Lipinski definition) is 5. The Kier molecular flexibility index (Phi) is 4.56. The molecule has 0 radical (unpaired) electrons. The third-order valence-corrected chi connectivity index (χ3v) is 5.94. The summed E-state index contributed by atoms with van der Waals surface area (Å²) in [5.41, 5.74) is 3.54. The van der Waals surface area contributed by atoms with Crippen molar-refractivity contribution in [3.8, 4) is 0 Å². The molecule has 0 unspecified atom stereocenters. The van der Waals surface area contributed by atoms with Gasteiger partial charge < -0.3 is 9.88 Å². The van der Waals surface area contributed by atoms with Crippen molar-refractivity contribution < 1.29 is 4.79 Å². The monoisotopic (exact) mass is 379 g/mol. The predicted molar refractivity (Wildman–Crippen MR) is 105 cm³/mol. The molecule has 2 aliphatic rings. The highest BCUT2D eigenvalue weighted by molar-refractivity contribution is 5.97. The zero-order valence-electron chi connectivity index (χ0n) is 15.9. The third kappa shape index (κ3) is 3.40. The molecule has 5 rings (SSSR count). The Morgan fingerprint density at radius 3 is 2.79 bits per heavy atom.